The Morgan fingerprint density at radius 1 is 1.40 bits per heavy atom. The lowest BCUT2D eigenvalue weighted by Gasteiger charge is -2.21. The van der Waals surface area contributed by atoms with Crippen molar-refractivity contribution in [1.82, 2.24) is 20.4 Å². The van der Waals surface area contributed by atoms with E-state index in [0.29, 0.717) is 22.9 Å². The Labute approximate surface area is 117 Å². The highest BCUT2D eigenvalue weighted by molar-refractivity contribution is 5.44. The third kappa shape index (κ3) is 2.14. The summed E-state index contributed by atoms with van der Waals surface area (Å²) in [6.45, 7) is 5.26. The third-order valence-corrected chi connectivity index (χ3v) is 4.42. The first kappa shape index (κ1) is 12.1. The van der Waals surface area contributed by atoms with Gasteiger partial charge in [0.05, 0.1) is 12.8 Å². The molecular weight excluding hydrogens is 256 g/mol. The Morgan fingerprint density at radius 3 is 3.20 bits per heavy atom. The number of hydrogen-bond acceptors (Lipinski definition) is 6. The molecule has 2 fully saturated rings. The van der Waals surface area contributed by atoms with Crippen molar-refractivity contribution in [3.05, 3.63) is 24.3 Å². The number of nitrogens with zero attached hydrogens (tertiary/aromatic N) is 3. The van der Waals surface area contributed by atoms with Crippen LogP contribution in [-0.4, -0.2) is 41.2 Å². The van der Waals surface area contributed by atoms with E-state index in [0.717, 1.165) is 32.7 Å². The molecule has 2 aromatic heterocycles. The van der Waals surface area contributed by atoms with Gasteiger partial charge in [0, 0.05) is 13.1 Å². The maximum absolute atomic E-state index is 5.32. The number of nitrogens with one attached hydrogen (secondary N) is 1. The van der Waals surface area contributed by atoms with Gasteiger partial charge in [0.25, 0.3) is 0 Å². The minimum Gasteiger partial charge on any atom is -0.461 e. The number of furan rings is 1. The van der Waals surface area contributed by atoms with E-state index in [1.54, 1.807) is 6.26 Å². The lowest BCUT2D eigenvalue weighted by atomic mass is 9.87. The number of hydrogen-bond donors (Lipinski definition) is 1. The fourth-order valence-corrected chi connectivity index (χ4v) is 3.32. The summed E-state index contributed by atoms with van der Waals surface area (Å²) in [5, 5.41) is 7.44. The zero-order valence-electron chi connectivity index (χ0n) is 11.3. The topological polar surface area (TPSA) is 67.3 Å². The Balaban J connectivity index is 1.43. The van der Waals surface area contributed by atoms with Gasteiger partial charge in [-0.2, -0.15) is 4.98 Å². The molecule has 4 heterocycles. The molecule has 1 spiro atoms. The molecule has 0 aliphatic carbocycles. The summed E-state index contributed by atoms with van der Waals surface area (Å²) in [6.07, 6.45) is 4.16. The second-order valence-electron chi connectivity index (χ2n) is 5.88. The molecule has 1 atom stereocenters. The van der Waals surface area contributed by atoms with Crippen LogP contribution >= 0.6 is 0 Å². The quantitative estimate of drug-likeness (QED) is 0.915. The lowest BCUT2D eigenvalue weighted by molar-refractivity contribution is 0.236. The minimum absolute atomic E-state index is 0.476. The Hall–Kier alpha value is -1.66. The van der Waals surface area contributed by atoms with Crippen LogP contribution in [0.5, 0.6) is 0 Å². The molecule has 0 bridgehead atoms. The molecule has 2 saturated heterocycles. The summed E-state index contributed by atoms with van der Waals surface area (Å²) < 4.78 is 10.6. The van der Waals surface area contributed by atoms with E-state index < -0.39 is 0 Å². The molecule has 1 N–H and O–H groups in total. The van der Waals surface area contributed by atoms with Crippen molar-refractivity contribution in [3.8, 4) is 11.6 Å². The number of likely N-dealkylation sites (tertiary alicyclic amines) is 1. The average molecular weight is 274 g/mol. The first-order chi connectivity index (χ1) is 9.83. The van der Waals surface area contributed by atoms with Crippen LogP contribution in [-0.2, 0) is 6.54 Å². The van der Waals surface area contributed by atoms with Crippen LogP contribution in [0.2, 0.25) is 0 Å². The molecular formula is C14H18N4O2. The van der Waals surface area contributed by atoms with E-state index in [9.17, 15) is 0 Å². The predicted octanol–water partition coefficient (Wildman–Crippen LogP) is 1.51. The van der Waals surface area contributed by atoms with Gasteiger partial charge in [-0.15, -0.1) is 0 Å². The normalized spacial score (nSPS) is 26.8. The van der Waals surface area contributed by atoms with Gasteiger partial charge in [0.1, 0.15) is 0 Å². The first-order valence-electron chi connectivity index (χ1n) is 7.13. The van der Waals surface area contributed by atoms with Crippen molar-refractivity contribution in [2.45, 2.75) is 19.4 Å². The fraction of sp³-hybridized carbons (Fsp3) is 0.571. The maximum atomic E-state index is 5.32. The average Bonchev–Trinajstić information content (AvgIpc) is 3.21. The summed E-state index contributed by atoms with van der Waals surface area (Å²) in [6, 6.07) is 3.66. The molecule has 20 heavy (non-hydrogen) atoms. The Morgan fingerprint density at radius 2 is 2.40 bits per heavy atom. The van der Waals surface area contributed by atoms with Crippen LogP contribution in [0.15, 0.2) is 27.3 Å². The molecule has 2 aromatic rings. The molecule has 2 aliphatic heterocycles. The van der Waals surface area contributed by atoms with E-state index in [4.69, 9.17) is 8.94 Å². The van der Waals surface area contributed by atoms with Crippen molar-refractivity contribution in [1.29, 1.82) is 0 Å². The zero-order chi connectivity index (χ0) is 13.4. The molecule has 6 heteroatoms. The van der Waals surface area contributed by atoms with Crippen LogP contribution in [0.25, 0.3) is 11.6 Å². The van der Waals surface area contributed by atoms with E-state index >= 15 is 0 Å². The van der Waals surface area contributed by atoms with Crippen LogP contribution in [0.4, 0.5) is 0 Å². The van der Waals surface area contributed by atoms with Crippen molar-refractivity contribution < 1.29 is 8.94 Å². The molecule has 4 rings (SSSR count). The second kappa shape index (κ2) is 4.71. The van der Waals surface area contributed by atoms with Gasteiger partial charge < -0.3 is 14.3 Å². The molecule has 6 nitrogen and oxygen atoms in total. The van der Waals surface area contributed by atoms with E-state index in [2.05, 4.69) is 20.4 Å². The molecule has 106 valence electrons. The maximum Gasteiger partial charge on any atom is 0.241 e. The van der Waals surface area contributed by atoms with Crippen molar-refractivity contribution in [3.63, 3.8) is 0 Å². The fourth-order valence-electron chi connectivity index (χ4n) is 3.32. The summed E-state index contributed by atoms with van der Waals surface area (Å²) in [7, 11) is 0. The zero-order valence-corrected chi connectivity index (χ0v) is 11.3. The summed E-state index contributed by atoms with van der Waals surface area (Å²) in [5.41, 5.74) is 0.476. The monoisotopic (exact) mass is 274 g/mol. The second-order valence-corrected chi connectivity index (χ2v) is 5.88. The van der Waals surface area contributed by atoms with Crippen molar-refractivity contribution in [2.24, 2.45) is 5.41 Å². The molecule has 0 amide bonds. The van der Waals surface area contributed by atoms with Crippen molar-refractivity contribution in [2.75, 3.05) is 26.2 Å². The molecule has 0 radical (unpaired) electrons. The first-order valence-corrected chi connectivity index (χ1v) is 7.13. The smallest absolute Gasteiger partial charge is 0.241 e. The number of aromatic nitrogens is 2. The van der Waals surface area contributed by atoms with Gasteiger partial charge in [0.2, 0.25) is 11.7 Å². The van der Waals surface area contributed by atoms with Crippen LogP contribution < -0.4 is 5.32 Å². The Bertz CT molecular complexity index is 572. The SMILES string of the molecule is c1coc(-c2noc(CN3CCC4(CCNC4)C3)n2)c1. The van der Waals surface area contributed by atoms with Gasteiger partial charge in [0.15, 0.2) is 5.76 Å². The summed E-state index contributed by atoms with van der Waals surface area (Å²) >= 11 is 0. The summed E-state index contributed by atoms with van der Waals surface area (Å²) in [5.74, 6) is 1.85. The lowest BCUT2D eigenvalue weighted by Crippen LogP contribution is -2.29. The highest BCUT2D eigenvalue weighted by atomic mass is 16.5. The van der Waals surface area contributed by atoms with Gasteiger partial charge in [-0.3, -0.25) is 4.90 Å². The van der Waals surface area contributed by atoms with Crippen LogP contribution in [0.1, 0.15) is 18.7 Å². The van der Waals surface area contributed by atoms with Crippen molar-refractivity contribution >= 4 is 0 Å². The summed E-state index contributed by atoms with van der Waals surface area (Å²) in [4.78, 5) is 6.81. The molecule has 0 saturated carbocycles. The van der Waals surface area contributed by atoms with E-state index in [1.807, 2.05) is 12.1 Å². The molecule has 2 aliphatic rings. The highest BCUT2D eigenvalue weighted by Crippen LogP contribution is 2.36. The van der Waals surface area contributed by atoms with Crippen LogP contribution in [0.3, 0.4) is 0 Å². The third-order valence-electron chi connectivity index (χ3n) is 4.42. The standard InChI is InChI=1S/C14H18N4O2/c1-2-11(19-7-1)13-16-12(20-17-13)8-18-6-4-14(10-18)3-5-15-9-14/h1-2,7,15H,3-6,8-10H2. The number of rotatable bonds is 3. The minimum atomic E-state index is 0.476. The highest BCUT2D eigenvalue weighted by Gasteiger charge is 2.40. The molecule has 1 unspecified atom stereocenters. The van der Waals surface area contributed by atoms with E-state index in [-0.39, 0.29) is 0 Å². The van der Waals surface area contributed by atoms with Gasteiger partial charge in [-0.05, 0) is 43.5 Å². The molecule has 0 aromatic carbocycles. The predicted molar refractivity (Wildman–Crippen MR) is 71.8 cm³/mol. The largest absolute Gasteiger partial charge is 0.461 e. The Kier molecular flexibility index (Phi) is 2.85. The van der Waals surface area contributed by atoms with Gasteiger partial charge in [-0.1, -0.05) is 5.16 Å². The van der Waals surface area contributed by atoms with Gasteiger partial charge >= 0.3 is 0 Å². The van der Waals surface area contributed by atoms with Gasteiger partial charge in [-0.25, -0.2) is 0 Å². The van der Waals surface area contributed by atoms with Crippen LogP contribution in [0, 0.1) is 5.41 Å². The van der Waals surface area contributed by atoms with E-state index in [1.165, 1.54) is 12.8 Å².